The van der Waals surface area contributed by atoms with Crippen molar-refractivity contribution in [3.8, 4) is 5.75 Å². The van der Waals surface area contributed by atoms with Crippen LogP contribution in [0.5, 0.6) is 5.75 Å². The molecule has 142 valence electrons. The molecule has 0 aliphatic heterocycles. The van der Waals surface area contributed by atoms with Crippen molar-refractivity contribution in [1.82, 2.24) is 4.90 Å². The SMILES string of the molecule is Cc1c(Cc2ccc(Cl)c(Cl)c2)c(=O)oc2cc(OCCN(C)C)ccc12. The zero-order chi connectivity index (χ0) is 19.6. The van der Waals surface area contributed by atoms with Gasteiger partial charge in [-0.2, -0.15) is 0 Å². The maximum Gasteiger partial charge on any atom is 0.340 e. The van der Waals surface area contributed by atoms with Gasteiger partial charge in [-0.3, -0.25) is 0 Å². The lowest BCUT2D eigenvalue weighted by Gasteiger charge is -2.12. The minimum atomic E-state index is -0.350. The molecule has 0 saturated heterocycles. The normalized spacial score (nSPS) is 11.3. The van der Waals surface area contributed by atoms with E-state index < -0.39 is 0 Å². The van der Waals surface area contributed by atoms with E-state index in [4.69, 9.17) is 32.4 Å². The number of aryl methyl sites for hydroxylation is 1. The van der Waals surface area contributed by atoms with Gasteiger partial charge in [0, 0.05) is 30.0 Å². The summed E-state index contributed by atoms with van der Waals surface area (Å²) in [7, 11) is 3.98. The number of hydrogen-bond donors (Lipinski definition) is 0. The molecule has 2 aromatic carbocycles. The Hall–Kier alpha value is -2.01. The van der Waals surface area contributed by atoms with E-state index in [1.54, 1.807) is 18.2 Å². The molecule has 0 N–H and O–H groups in total. The van der Waals surface area contributed by atoms with E-state index in [0.29, 0.717) is 40.0 Å². The van der Waals surface area contributed by atoms with Gasteiger partial charge in [-0.25, -0.2) is 4.79 Å². The Kier molecular flexibility index (Phi) is 6.10. The van der Waals surface area contributed by atoms with Crippen molar-refractivity contribution < 1.29 is 9.15 Å². The van der Waals surface area contributed by atoms with Gasteiger partial charge in [0.05, 0.1) is 10.0 Å². The first-order chi connectivity index (χ1) is 12.8. The lowest BCUT2D eigenvalue weighted by molar-refractivity contribution is 0.261. The first-order valence-corrected chi connectivity index (χ1v) is 9.38. The van der Waals surface area contributed by atoms with Crippen molar-refractivity contribution in [2.75, 3.05) is 27.2 Å². The number of hydrogen-bond acceptors (Lipinski definition) is 4. The fourth-order valence-corrected chi connectivity index (χ4v) is 3.19. The average molecular weight is 406 g/mol. The molecule has 0 bridgehead atoms. The van der Waals surface area contributed by atoms with Crippen LogP contribution in [0.25, 0.3) is 11.0 Å². The molecule has 0 aliphatic rings. The van der Waals surface area contributed by atoms with Crippen LogP contribution in [0.4, 0.5) is 0 Å². The van der Waals surface area contributed by atoms with Gasteiger partial charge in [0.25, 0.3) is 0 Å². The minimum absolute atomic E-state index is 0.350. The summed E-state index contributed by atoms with van der Waals surface area (Å²) in [6, 6.07) is 11.0. The van der Waals surface area contributed by atoms with Crippen LogP contribution in [0.3, 0.4) is 0 Å². The van der Waals surface area contributed by atoms with E-state index in [0.717, 1.165) is 23.1 Å². The zero-order valence-electron chi connectivity index (χ0n) is 15.5. The van der Waals surface area contributed by atoms with Gasteiger partial charge in [-0.1, -0.05) is 29.3 Å². The highest BCUT2D eigenvalue weighted by molar-refractivity contribution is 6.42. The summed E-state index contributed by atoms with van der Waals surface area (Å²) in [4.78, 5) is 14.6. The Morgan fingerprint density at radius 2 is 1.85 bits per heavy atom. The predicted molar refractivity (Wildman–Crippen MR) is 111 cm³/mol. The van der Waals surface area contributed by atoms with Gasteiger partial charge in [0.2, 0.25) is 0 Å². The standard InChI is InChI=1S/C21H21Cl2NO3/c1-13-16-6-5-15(26-9-8-24(2)3)12-20(16)27-21(25)17(13)10-14-4-7-18(22)19(23)11-14/h4-7,11-12H,8-10H2,1-3H3. The highest BCUT2D eigenvalue weighted by atomic mass is 35.5. The van der Waals surface area contributed by atoms with Gasteiger partial charge in [-0.15, -0.1) is 0 Å². The Balaban J connectivity index is 1.91. The number of rotatable bonds is 6. The van der Waals surface area contributed by atoms with Crippen molar-refractivity contribution >= 4 is 34.2 Å². The second-order valence-corrected chi connectivity index (χ2v) is 7.54. The molecule has 0 atom stereocenters. The largest absolute Gasteiger partial charge is 0.492 e. The minimum Gasteiger partial charge on any atom is -0.492 e. The van der Waals surface area contributed by atoms with Crippen LogP contribution >= 0.6 is 23.2 Å². The fraction of sp³-hybridized carbons (Fsp3) is 0.286. The van der Waals surface area contributed by atoms with E-state index in [2.05, 4.69) is 0 Å². The summed E-state index contributed by atoms with van der Waals surface area (Å²) >= 11 is 12.0. The highest BCUT2D eigenvalue weighted by Crippen LogP contribution is 2.27. The van der Waals surface area contributed by atoms with Crippen molar-refractivity contribution in [1.29, 1.82) is 0 Å². The molecule has 3 rings (SSSR count). The third kappa shape index (κ3) is 4.64. The molecule has 1 heterocycles. The van der Waals surface area contributed by atoms with E-state index >= 15 is 0 Å². The predicted octanol–water partition coefficient (Wildman–Crippen LogP) is 4.94. The van der Waals surface area contributed by atoms with Crippen molar-refractivity contribution in [2.45, 2.75) is 13.3 Å². The molecule has 0 spiro atoms. The lowest BCUT2D eigenvalue weighted by Crippen LogP contribution is -2.19. The quantitative estimate of drug-likeness (QED) is 0.544. The summed E-state index contributed by atoms with van der Waals surface area (Å²) in [6.07, 6.45) is 0.433. The molecule has 0 radical (unpaired) electrons. The summed E-state index contributed by atoms with van der Waals surface area (Å²) in [5.74, 6) is 0.684. The van der Waals surface area contributed by atoms with Crippen molar-refractivity contribution in [3.05, 3.63) is 73.6 Å². The summed E-state index contributed by atoms with van der Waals surface area (Å²) in [5, 5.41) is 1.85. The van der Waals surface area contributed by atoms with E-state index in [-0.39, 0.29) is 5.63 Å². The van der Waals surface area contributed by atoms with Crippen LogP contribution in [-0.4, -0.2) is 32.1 Å². The maximum atomic E-state index is 12.6. The monoisotopic (exact) mass is 405 g/mol. The molecule has 3 aromatic rings. The van der Waals surface area contributed by atoms with E-state index in [1.165, 1.54) is 0 Å². The fourth-order valence-electron chi connectivity index (χ4n) is 2.87. The van der Waals surface area contributed by atoms with Crippen LogP contribution < -0.4 is 10.4 Å². The molecule has 4 nitrogen and oxygen atoms in total. The second kappa shape index (κ2) is 8.34. The Morgan fingerprint density at radius 1 is 1.07 bits per heavy atom. The Labute approximate surface area is 168 Å². The number of likely N-dealkylation sites (N-methyl/N-ethyl adjacent to an activating group) is 1. The highest BCUT2D eigenvalue weighted by Gasteiger charge is 2.13. The van der Waals surface area contributed by atoms with Crippen molar-refractivity contribution in [2.24, 2.45) is 0 Å². The van der Waals surface area contributed by atoms with Gasteiger partial charge < -0.3 is 14.1 Å². The molecule has 0 saturated carbocycles. The molecule has 0 amide bonds. The smallest absolute Gasteiger partial charge is 0.340 e. The molecule has 6 heteroatoms. The number of halogens is 2. The van der Waals surface area contributed by atoms with Crippen LogP contribution in [0.2, 0.25) is 10.0 Å². The lowest BCUT2D eigenvalue weighted by atomic mass is 9.99. The molecular weight excluding hydrogens is 385 g/mol. The van der Waals surface area contributed by atoms with Crippen LogP contribution in [0, 0.1) is 6.92 Å². The topological polar surface area (TPSA) is 42.7 Å². The Bertz CT molecular complexity index is 1030. The van der Waals surface area contributed by atoms with Gasteiger partial charge in [0.15, 0.2) is 0 Å². The first-order valence-electron chi connectivity index (χ1n) is 8.63. The van der Waals surface area contributed by atoms with Gasteiger partial charge >= 0.3 is 5.63 Å². The Morgan fingerprint density at radius 3 is 2.56 bits per heavy atom. The molecule has 0 aliphatic carbocycles. The maximum absolute atomic E-state index is 12.6. The third-order valence-electron chi connectivity index (χ3n) is 4.43. The molecular formula is C21H21Cl2NO3. The molecule has 1 aromatic heterocycles. The van der Waals surface area contributed by atoms with Crippen LogP contribution in [0.15, 0.2) is 45.6 Å². The second-order valence-electron chi connectivity index (χ2n) is 6.73. The first kappa shape index (κ1) is 19.7. The van der Waals surface area contributed by atoms with Gasteiger partial charge in [-0.05, 0) is 56.4 Å². The van der Waals surface area contributed by atoms with Gasteiger partial charge in [0.1, 0.15) is 17.9 Å². The number of nitrogens with zero attached hydrogens (tertiary/aromatic N) is 1. The number of benzene rings is 2. The van der Waals surface area contributed by atoms with E-state index in [1.807, 2.05) is 44.1 Å². The van der Waals surface area contributed by atoms with E-state index in [9.17, 15) is 4.79 Å². The molecule has 0 unspecified atom stereocenters. The zero-order valence-corrected chi connectivity index (χ0v) is 17.0. The number of ether oxygens (including phenoxy) is 1. The summed E-state index contributed by atoms with van der Waals surface area (Å²) in [6.45, 7) is 3.30. The van der Waals surface area contributed by atoms with Crippen molar-refractivity contribution in [3.63, 3.8) is 0 Å². The van der Waals surface area contributed by atoms with Crippen LogP contribution in [0.1, 0.15) is 16.7 Å². The summed E-state index contributed by atoms with van der Waals surface area (Å²) < 4.78 is 11.3. The molecule has 27 heavy (non-hydrogen) atoms. The average Bonchev–Trinajstić information content (AvgIpc) is 2.61. The summed E-state index contributed by atoms with van der Waals surface area (Å²) in [5.41, 5.74) is 2.59. The number of fused-ring (bicyclic) bond motifs is 1. The van der Waals surface area contributed by atoms with Crippen LogP contribution in [-0.2, 0) is 6.42 Å². The molecule has 0 fully saturated rings. The third-order valence-corrected chi connectivity index (χ3v) is 5.17.